The van der Waals surface area contributed by atoms with E-state index >= 15 is 0 Å². The maximum Gasteiger partial charge on any atom is 0.496 e. The standard InChI is InChI=1S/C27H65N11OP5.C20H59N11OP5.C7H7Cl.2C2H6.HI.H2O/c1-32(2)41(17,33(3)4)29-43(28-40(14,15)16,30-42(18,34(5)6)35(7)8)31-44(36(9)10,37(11)12)38(13)24-25-39-26-27-22-20-19-21-23-27;1-25(2)34(17,26(3)4)22-36(21-33(14,15)16,23-35(18,27(5)6)28(7)8)24-37(29(9)10,30(11)12)31(13)19-20-32;8-6-7-4-2-1-3-5-7;2*1-2;;/h19-23H,24-26H2,1-18H3;32H,19-20H2,1-18H3;1-5H,6H2;2*1-2H3;1H;1H2/q2*+1;;;;;/p-2. The van der Waals surface area contributed by atoms with Crippen molar-refractivity contribution >= 4 is 85.9 Å². The lowest BCUT2D eigenvalue weighted by Crippen LogP contribution is -3.00. The largest absolute Gasteiger partial charge is 1.00 e. The van der Waals surface area contributed by atoms with Gasteiger partial charge in [0.25, 0.3) is 0 Å². The molecule has 0 spiro atoms. The van der Waals surface area contributed by atoms with Crippen LogP contribution < -0.4 is 24.0 Å². The molecule has 0 atom stereocenters. The van der Waals surface area contributed by atoms with Crippen LogP contribution in [0.15, 0.2) is 96.8 Å². The molecular formula is C58H144ClIN22O3P10. The second kappa shape index (κ2) is 47.1. The molecule has 2 rings (SSSR count). The van der Waals surface area contributed by atoms with Crippen molar-refractivity contribution in [2.45, 2.75) is 40.2 Å². The van der Waals surface area contributed by atoms with Gasteiger partial charge in [-0.2, -0.15) is 0 Å². The number of nitrogens with zero attached hydrogens (tertiary/aromatic N) is 22. The average Bonchev–Trinajstić information content (AvgIpc) is 0.750. The number of aliphatic hydroxyl groups excluding tert-OH is 1. The van der Waals surface area contributed by atoms with Gasteiger partial charge in [-0.05, 0) is 261 Å². The van der Waals surface area contributed by atoms with E-state index in [2.05, 4.69) is 320 Å². The van der Waals surface area contributed by atoms with E-state index in [0.29, 0.717) is 32.2 Å². The van der Waals surface area contributed by atoms with E-state index in [1.807, 2.05) is 83.3 Å². The van der Waals surface area contributed by atoms with Crippen LogP contribution in [0, 0.1) is 0 Å². The first-order valence-corrected chi connectivity index (χ1v) is 52.9. The summed E-state index contributed by atoms with van der Waals surface area (Å²) in [7, 11) is 31.0. The fourth-order valence-electron chi connectivity index (χ4n) is 8.57. The Bertz CT molecular complexity index is 2780. The first kappa shape index (κ1) is 105. The molecule has 0 amide bonds. The van der Waals surface area contributed by atoms with Crippen LogP contribution >= 0.6 is 85.9 Å². The number of likely N-dealkylation sites (N-methyl/N-ethyl adjacent to an activating group) is 2. The van der Waals surface area contributed by atoms with Gasteiger partial charge < -0.3 is 39.3 Å². The van der Waals surface area contributed by atoms with Crippen LogP contribution in [0.5, 0.6) is 0 Å². The fraction of sp³-hybridized carbons (Fsp3) is 0.793. The molecule has 0 saturated carbocycles. The molecule has 95 heavy (non-hydrogen) atoms. The summed E-state index contributed by atoms with van der Waals surface area (Å²) in [4.78, 5) is 0. The molecule has 568 valence electrons. The van der Waals surface area contributed by atoms with Crippen molar-refractivity contribution in [3.8, 4) is 0 Å². The maximum absolute atomic E-state index is 9.94. The summed E-state index contributed by atoms with van der Waals surface area (Å²) in [6, 6.07) is 20.3. The van der Waals surface area contributed by atoms with E-state index < -0.39 is 74.3 Å². The SMILES string of the molecule is CC.CC.CN(C)P(C)(=N[P+](N=P(C)(C)C)(N=P(C)(N(C)C)N(C)C)N=P(N(C)C)(N(C)C)N(C)CCO)N(C)C.CN(C)P(C)(=N[P+](N=P(C)(C)C)(N=P(C)(N(C)C)N(C)C)N=P(N(C)C)(N(C)C)N(C)CCOCc1ccccc1)N(C)C.ClCc1ccccc1.[I-].[OH-]. The molecule has 0 heterocycles. The van der Waals surface area contributed by atoms with E-state index in [-0.39, 0.29) is 36.1 Å². The van der Waals surface area contributed by atoms with Crippen molar-refractivity contribution in [3.63, 3.8) is 0 Å². The van der Waals surface area contributed by atoms with E-state index in [1.165, 1.54) is 11.1 Å². The number of ether oxygens (including phenoxy) is 1. The highest BCUT2D eigenvalue weighted by molar-refractivity contribution is 7.89. The van der Waals surface area contributed by atoms with Crippen LogP contribution in [0.1, 0.15) is 38.8 Å². The van der Waals surface area contributed by atoms with Gasteiger partial charge in [-0.15, -0.1) is 11.6 Å². The van der Waals surface area contributed by atoms with Gasteiger partial charge in [0.05, 0.1) is 19.8 Å². The molecule has 25 nitrogen and oxygen atoms in total. The summed E-state index contributed by atoms with van der Waals surface area (Å²) in [6.45, 7) is 32.7. The minimum absolute atomic E-state index is 0. The third-order valence-corrected chi connectivity index (χ3v) is 52.9. The van der Waals surface area contributed by atoms with E-state index in [9.17, 15) is 5.11 Å². The smallest absolute Gasteiger partial charge is 0.496 e. The zero-order chi connectivity index (χ0) is 73.9. The normalized spacial score (nSPS) is 13.1. The Labute approximate surface area is 610 Å². The van der Waals surface area contributed by atoms with Crippen molar-refractivity contribution in [1.29, 1.82) is 0 Å². The van der Waals surface area contributed by atoms with Gasteiger partial charge in [0, 0.05) is 59.7 Å². The number of hydrogen-bond acceptors (Lipinski definition) is 11. The predicted molar refractivity (Wildman–Crippen MR) is 441 cm³/mol. The first-order valence-electron chi connectivity index (χ1n) is 31.4. The number of benzene rings is 2. The monoisotopic (exact) mass is 1670 g/mol. The van der Waals surface area contributed by atoms with Gasteiger partial charge in [0.15, 0.2) is 0 Å². The number of alkyl halides is 1. The highest BCUT2D eigenvalue weighted by Crippen LogP contribution is 2.86. The van der Waals surface area contributed by atoms with Crippen molar-refractivity contribution < 1.29 is 39.3 Å². The second-order valence-electron chi connectivity index (χ2n) is 26.0. The molecule has 0 saturated heterocycles. The van der Waals surface area contributed by atoms with Gasteiger partial charge in [-0.3, -0.25) is 37.4 Å². The van der Waals surface area contributed by atoms with Crippen LogP contribution in [0.4, 0.5) is 0 Å². The highest BCUT2D eigenvalue weighted by atomic mass is 127. The maximum atomic E-state index is 9.94. The Kier molecular flexibility index (Phi) is 52.1. The lowest BCUT2D eigenvalue weighted by molar-refractivity contribution is -0.0000253. The number of hydrogen-bond donors (Lipinski definition) is 1. The summed E-state index contributed by atoms with van der Waals surface area (Å²) in [6.07, 6.45) is 0. The first-order chi connectivity index (χ1) is 42.4. The summed E-state index contributed by atoms with van der Waals surface area (Å²) in [5.74, 6) is 0.612. The predicted octanol–water partition coefficient (Wildman–Crippen LogP) is 14.2. The molecule has 2 N–H and O–H groups in total. The van der Waals surface area contributed by atoms with Gasteiger partial charge in [0.1, 0.15) is 29.4 Å². The molecule has 2 aromatic carbocycles. The topological polar surface area (TPSA) is 204 Å². The van der Waals surface area contributed by atoms with Crippen LogP contribution in [-0.4, -0.2) is 352 Å². The van der Waals surface area contributed by atoms with Crippen molar-refractivity contribution in [3.05, 3.63) is 71.8 Å². The molecule has 0 unspecified atom stereocenters. The highest BCUT2D eigenvalue weighted by Gasteiger charge is 2.54. The summed E-state index contributed by atoms with van der Waals surface area (Å²) < 4.78 is 83.6. The average molecular weight is 1670 g/mol. The molecule has 0 aromatic heterocycles. The third-order valence-electron chi connectivity index (χ3n) is 14.6. The minimum Gasteiger partial charge on any atom is -1.00 e. The van der Waals surface area contributed by atoms with Crippen LogP contribution in [0.2, 0.25) is 0 Å². The van der Waals surface area contributed by atoms with Crippen molar-refractivity contribution in [2.75, 3.05) is 276 Å². The summed E-state index contributed by atoms with van der Waals surface area (Å²) >= 11 is 5.53. The van der Waals surface area contributed by atoms with Crippen molar-refractivity contribution in [1.82, 2.24) is 65.4 Å². The summed E-state index contributed by atoms with van der Waals surface area (Å²) in [5, 5.41) is 9.94. The quantitative estimate of drug-likeness (QED) is 0.0334. The van der Waals surface area contributed by atoms with Crippen LogP contribution in [-0.2, 0) is 17.2 Å². The molecule has 0 aliphatic rings. The molecular weight excluding hydrogens is 1520 g/mol. The number of aliphatic hydroxyl groups is 1. The Hall–Kier alpha value is 1.48. The second-order valence-corrected chi connectivity index (χ2v) is 62.0. The molecule has 0 radical (unpaired) electrons. The van der Waals surface area contributed by atoms with E-state index in [0.717, 1.165) is 0 Å². The molecule has 0 aliphatic carbocycles. The Balaban J connectivity index is -0.000000479. The number of halogens is 2. The van der Waals surface area contributed by atoms with Crippen LogP contribution in [0.25, 0.3) is 0 Å². The van der Waals surface area contributed by atoms with Gasteiger partial charge >= 0.3 is 15.7 Å². The number of rotatable bonds is 30. The van der Waals surface area contributed by atoms with Gasteiger partial charge in [-0.1, -0.05) is 97.4 Å². The molecule has 0 fully saturated rings. The Morgan fingerprint density at radius 2 is 0.589 bits per heavy atom. The lowest BCUT2D eigenvalue weighted by atomic mass is 10.2. The fourth-order valence-corrected chi connectivity index (χ4v) is 46.2. The van der Waals surface area contributed by atoms with E-state index in [4.69, 9.17) is 52.5 Å². The summed E-state index contributed by atoms with van der Waals surface area (Å²) in [5.41, 5.74) is 2.34. The molecule has 0 aliphatic heterocycles. The molecule has 0 bridgehead atoms. The molecule has 2 aromatic rings. The van der Waals surface area contributed by atoms with Gasteiger partial charge in [0.2, 0.25) is 15.0 Å². The zero-order valence-corrected chi connectivity index (χ0v) is 79.2. The lowest BCUT2D eigenvalue weighted by Gasteiger charge is -2.42. The van der Waals surface area contributed by atoms with Crippen molar-refractivity contribution in [2.24, 2.45) is 36.1 Å². The Morgan fingerprint density at radius 3 is 0.779 bits per heavy atom. The third kappa shape index (κ3) is 32.0. The zero-order valence-electron chi connectivity index (χ0n) is 67.4. The molecule has 37 heteroatoms. The minimum atomic E-state index is -3.08. The Morgan fingerprint density at radius 1 is 0.358 bits per heavy atom. The van der Waals surface area contributed by atoms with Gasteiger partial charge in [-0.25, -0.2) is 28.0 Å². The van der Waals surface area contributed by atoms with Crippen LogP contribution in [0.3, 0.4) is 0 Å². The van der Waals surface area contributed by atoms with E-state index in [1.54, 1.807) is 0 Å².